The molecule has 1 aliphatic rings. The molecule has 1 amide bonds. The Bertz CT molecular complexity index is 775. The Morgan fingerprint density at radius 2 is 1.88 bits per heavy atom. The van der Waals surface area contributed by atoms with Crippen LogP contribution < -0.4 is 4.74 Å². The van der Waals surface area contributed by atoms with Gasteiger partial charge in [0.05, 0.1) is 11.6 Å². The molecule has 0 spiro atoms. The number of carbonyl (C=O) groups excluding carboxylic acids is 1. The highest BCUT2D eigenvalue weighted by Crippen LogP contribution is 2.22. The molecule has 5 nitrogen and oxygen atoms in total. The van der Waals surface area contributed by atoms with E-state index >= 15 is 0 Å². The first kappa shape index (κ1) is 17.0. The van der Waals surface area contributed by atoms with Gasteiger partial charge in [0.1, 0.15) is 18.2 Å². The van der Waals surface area contributed by atoms with E-state index in [0.29, 0.717) is 24.5 Å². The second-order valence-corrected chi connectivity index (χ2v) is 5.95. The maximum Gasteiger partial charge on any atom is 0.335 e. The average molecular weight is 343 g/mol. The van der Waals surface area contributed by atoms with Crippen LogP contribution in [0.2, 0.25) is 0 Å². The minimum absolute atomic E-state index is 0.0872. The van der Waals surface area contributed by atoms with Gasteiger partial charge in [-0.05, 0) is 55.3 Å². The molecule has 3 rings (SSSR count). The van der Waals surface area contributed by atoms with Crippen molar-refractivity contribution in [2.75, 3.05) is 13.2 Å². The van der Waals surface area contributed by atoms with Gasteiger partial charge in [-0.1, -0.05) is 6.07 Å². The topological polar surface area (TPSA) is 66.8 Å². The number of carboxylic acids is 1. The molecule has 25 heavy (non-hydrogen) atoms. The number of carboxylic acid groups (broad SMARTS) is 1. The third-order valence-electron chi connectivity index (χ3n) is 4.25. The van der Waals surface area contributed by atoms with E-state index in [4.69, 9.17) is 9.84 Å². The molecule has 0 unspecified atom stereocenters. The van der Waals surface area contributed by atoms with Crippen LogP contribution in [0.4, 0.5) is 4.39 Å². The van der Waals surface area contributed by atoms with Gasteiger partial charge in [-0.15, -0.1) is 0 Å². The number of hydrogen-bond donors (Lipinski definition) is 1. The van der Waals surface area contributed by atoms with Gasteiger partial charge in [-0.25, -0.2) is 9.18 Å². The van der Waals surface area contributed by atoms with Crippen LogP contribution in [-0.4, -0.2) is 41.1 Å². The Balaban J connectivity index is 1.68. The van der Waals surface area contributed by atoms with E-state index in [1.165, 1.54) is 24.3 Å². The summed E-state index contributed by atoms with van der Waals surface area (Å²) >= 11 is 0. The van der Waals surface area contributed by atoms with Crippen molar-refractivity contribution in [2.45, 2.75) is 18.9 Å². The second-order valence-electron chi connectivity index (χ2n) is 5.95. The van der Waals surface area contributed by atoms with Crippen molar-refractivity contribution in [3.63, 3.8) is 0 Å². The van der Waals surface area contributed by atoms with Crippen LogP contribution in [0.1, 0.15) is 33.6 Å². The predicted octanol–water partition coefficient (Wildman–Crippen LogP) is 3.21. The van der Waals surface area contributed by atoms with E-state index in [0.717, 1.165) is 12.8 Å². The van der Waals surface area contributed by atoms with Gasteiger partial charge in [0.2, 0.25) is 0 Å². The van der Waals surface area contributed by atoms with E-state index in [9.17, 15) is 14.0 Å². The van der Waals surface area contributed by atoms with E-state index < -0.39 is 5.97 Å². The van der Waals surface area contributed by atoms with Gasteiger partial charge in [-0.2, -0.15) is 0 Å². The minimum Gasteiger partial charge on any atom is -0.491 e. The highest BCUT2D eigenvalue weighted by atomic mass is 19.1. The molecule has 2 aromatic rings. The Hall–Kier alpha value is -2.89. The number of nitrogens with zero attached hydrogens (tertiary/aromatic N) is 1. The second kappa shape index (κ2) is 7.34. The van der Waals surface area contributed by atoms with E-state index in [1.54, 1.807) is 29.2 Å². The zero-order valence-corrected chi connectivity index (χ0v) is 13.5. The van der Waals surface area contributed by atoms with E-state index in [-0.39, 0.29) is 23.3 Å². The van der Waals surface area contributed by atoms with Gasteiger partial charge < -0.3 is 14.7 Å². The summed E-state index contributed by atoms with van der Waals surface area (Å²) in [6.45, 7) is 0.920. The maximum absolute atomic E-state index is 12.9. The molecule has 1 saturated heterocycles. The Kier molecular flexibility index (Phi) is 4.97. The number of halogens is 1. The van der Waals surface area contributed by atoms with Crippen molar-refractivity contribution in [1.82, 2.24) is 4.90 Å². The number of amides is 1. The molecule has 1 fully saturated rings. The van der Waals surface area contributed by atoms with Crippen LogP contribution in [0.15, 0.2) is 48.5 Å². The summed E-state index contributed by atoms with van der Waals surface area (Å²) in [5, 5.41) is 9.07. The van der Waals surface area contributed by atoms with Gasteiger partial charge >= 0.3 is 5.97 Å². The van der Waals surface area contributed by atoms with Gasteiger partial charge in [0, 0.05) is 12.1 Å². The van der Waals surface area contributed by atoms with Gasteiger partial charge in [-0.3, -0.25) is 4.79 Å². The van der Waals surface area contributed by atoms with Crippen LogP contribution in [0, 0.1) is 5.82 Å². The zero-order valence-electron chi connectivity index (χ0n) is 13.5. The molecule has 1 aliphatic heterocycles. The van der Waals surface area contributed by atoms with Crippen molar-refractivity contribution in [1.29, 1.82) is 0 Å². The first-order valence-electron chi connectivity index (χ1n) is 8.07. The lowest BCUT2D eigenvalue weighted by Crippen LogP contribution is -2.39. The molecule has 2 aromatic carbocycles. The fourth-order valence-corrected chi connectivity index (χ4v) is 2.95. The third kappa shape index (κ3) is 3.96. The molecule has 0 bridgehead atoms. The van der Waals surface area contributed by atoms with Crippen LogP contribution in [0.3, 0.4) is 0 Å². The summed E-state index contributed by atoms with van der Waals surface area (Å²) in [4.78, 5) is 25.5. The lowest BCUT2D eigenvalue weighted by atomic mass is 10.1. The summed E-state index contributed by atoms with van der Waals surface area (Å²) in [5.74, 6) is -1.04. The molecule has 0 radical (unpaired) electrons. The lowest BCUT2D eigenvalue weighted by molar-refractivity contribution is 0.0691. The lowest BCUT2D eigenvalue weighted by Gasteiger charge is -2.25. The number of hydrogen-bond acceptors (Lipinski definition) is 3. The molecule has 1 N–H and O–H groups in total. The molecule has 1 atom stereocenters. The van der Waals surface area contributed by atoms with Crippen molar-refractivity contribution in [3.8, 4) is 5.75 Å². The number of carbonyl (C=O) groups is 2. The normalized spacial score (nSPS) is 16.7. The molecule has 130 valence electrons. The first-order valence-corrected chi connectivity index (χ1v) is 8.07. The maximum atomic E-state index is 12.9. The molecule has 1 heterocycles. The van der Waals surface area contributed by atoms with Crippen molar-refractivity contribution in [2.24, 2.45) is 0 Å². The summed E-state index contributed by atoms with van der Waals surface area (Å²) in [7, 11) is 0. The number of likely N-dealkylation sites (tertiary alicyclic amines) is 1. The number of aromatic carboxylic acids is 1. The molecule has 6 heteroatoms. The molecular weight excluding hydrogens is 325 g/mol. The average Bonchev–Trinajstić information content (AvgIpc) is 3.09. The molecule has 0 saturated carbocycles. The third-order valence-corrected chi connectivity index (χ3v) is 4.25. The van der Waals surface area contributed by atoms with Crippen molar-refractivity contribution in [3.05, 3.63) is 65.5 Å². The summed E-state index contributed by atoms with van der Waals surface area (Å²) in [5.41, 5.74) is 0.442. The fourth-order valence-electron chi connectivity index (χ4n) is 2.95. The standard InChI is InChI=1S/C19H18FNO4/c20-15-6-8-17(9-7-15)25-12-16-5-2-10-21(16)18(22)13-3-1-4-14(11-13)19(23)24/h1,3-4,6-9,11,16H,2,5,10,12H2,(H,23,24)/t16-/m0/s1. The number of benzene rings is 2. The quantitative estimate of drug-likeness (QED) is 0.905. The SMILES string of the molecule is O=C(O)c1cccc(C(=O)N2CCC[C@H]2COc2ccc(F)cc2)c1. The van der Waals surface area contributed by atoms with Crippen LogP contribution in [0.5, 0.6) is 5.75 Å². The molecular formula is C19H18FNO4. The summed E-state index contributed by atoms with van der Waals surface area (Å²) in [6, 6.07) is 11.7. The fraction of sp³-hybridized carbons (Fsp3) is 0.263. The first-order chi connectivity index (χ1) is 12.0. The Labute approximate surface area is 144 Å². The summed E-state index contributed by atoms with van der Waals surface area (Å²) < 4.78 is 18.6. The monoisotopic (exact) mass is 343 g/mol. The van der Waals surface area contributed by atoms with Gasteiger partial charge in [0.15, 0.2) is 0 Å². The Morgan fingerprint density at radius 3 is 2.60 bits per heavy atom. The number of ether oxygens (including phenoxy) is 1. The zero-order chi connectivity index (χ0) is 17.8. The highest BCUT2D eigenvalue weighted by Gasteiger charge is 2.30. The van der Waals surface area contributed by atoms with Crippen LogP contribution in [0.25, 0.3) is 0 Å². The molecule has 0 aliphatic carbocycles. The van der Waals surface area contributed by atoms with Crippen LogP contribution in [-0.2, 0) is 0 Å². The Morgan fingerprint density at radius 1 is 1.16 bits per heavy atom. The smallest absolute Gasteiger partial charge is 0.335 e. The van der Waals surface area contributed by atoms with E-state index in [1.807, 2.05) is 0 Å². The van der Waals surface area contributed by atoms with E-state index in [2.05, 4.69) is 0 Å². The predicted molar refractivity (Wildman–Crippen MR) is 89.4 cm³/mol. The van der Waals surface area contributed by atoms with Gasteiger partial charge in [0.25, 0.3) is 5.91 Å². The molecule has 0 aromatic heterocycles. The highest BCUT2D eigenvalue weighted by molar-refractivity contribution is 5.97. The summed E-state index contributed by atoms with van der Waals surface area (Å²) in [6.07, 6.45) is 1.67. The van der Waals surface area contributed by atoms with Crippen molar-refractivity contribution < 1.29 is 23.8 Å². The minimum atomic E-state index is -1.06. The number of rotatable bonds is 5. The largest absolute Gasteiger partial charge is 0.491 e. The van der Waals surface area contributed by atoms with Crippen molar-refractivity contribution >= 4 is 11.9 Å². The van der Waals surface area contributed by atoms with Crippen LogP contribution >= 0.6 is 0 Å².